The van der Waals surface area contributed by atoms with Gasteiger partial charge in [0.05, 0.1) is 21.8 Å². The summed E-state index contributed by atoms with van der Waals surface area (Å²) in [6, 6.07) is 13.3. The topological polar surface area (TPSA) is 66.8 Å². The monoisotopic (exact) mass is 377 g/mol. The number of H-pyrrole nitrogens is 1. The minimum absolute atomic E-state index is 0.0110. The molecule has 5 rings (SSSR count). The molecule has 2 aromatic heterocycles. The van der Waals surface area contributed by atoms with Crippen molar-refractivity contribution in [1.29, 1.82) is 0 Å². The Morgan fingerprint density at radius 1 is 1.15 bits per heavy atom. The lowest BCUT2D eigenvalue weighted by molar-refractivity contribution is 0.0735. The van der Waals surface area contributed by atoms with Gasteiger partial charge in [0.1, 0.15) is 12.7 Å². The van der Waals surface area contributed by atoms with Gasteiger partial charge in [-0.2, -0.15) is 5.10 Å². The van der Waals surface area contributed by atoms with Crippen LogP contribution in [0, 0.1) is 0 Å². The molecule has 0 saturated carbocycles. The molecule has 1 amide bonds. The molecule has 0 aliphatic carbocycles. The van der Waals surface area contributed by atoms with Gasteiger partial charge in [0, 0.05) is 36.2 Å². The largest absolute Gasteiger partial charge is 0.357 e. The van der Waals surface area contributed by atoms with Crippen LogP contribution in [0.1, 0.15) is 21.6 Å². The molecule has 1 aliphatic rings. The molecule has 27 heavy (non-hydrogen) atoms. The second-order valence-corrected chi connectivity index (χ2v) is 6.99. The molecular weight excluding hydrogens is 362 g/mol. The van der Waals surface area contributed by atoms with E-state index in [1.165, 1.54) is 6.33 Å². The molecule has 2 aromatic carbocycles. The van der Waals surface area contributed by atoms with Gasteiger partial charge >= 0.3 is 0 Å². The quantitative estimate of drug-likeness (QED) is 0.580. The van der Waals surface area contributed by atoms with E-state index < -0.39 is 0 Å². The summed E-state index contributed by atoms with van der Waals surface area (Å²) in [5.74, 6) is -0.0110. The summed E-state index contributed by atoms with van der Waals surface area (Å²) < 4.78 is 1.62. The average molecular weight is 378 g/mol. The van der Waals surface area contributed by atoms with Gasteiger partial charge in [-0.25, -0.2) is 9.67 Å². The Balaban J connectivity index is 1.52. The van der Waals surface area contributed by atoms with Crippen molar-refractivity contribution in [2.45, 2.75) is 13.0 Å². The van der Waals surface area contributed by atoms with Gasteiger partial charge in [-0.3, -0.25) is 4.79 Å². The third-order valence-electron chi connectivity index (χ3n) is 5.05. The summed E-state index contributed by atoms with van der Waals surface area (Å²) in [5.41, 5.74) is 4.59. The number of halogens is 1. The van der Waals surface area contributed by atoms with Crippen LogP contribution in [0.3, 0.4) is 0 Å². The van der Waals surface area contributed by atoms with E-state index in [1.54, 1.807) is 11.0 Å². The van der Waals surface area contributed by atoms with Gasteiger partial charge in [0.25, 0.3) is 5.91 Å². The molecule has 7 heteroatoms. The maximum atomic E-state index is 13.3. The van der Waals surface area contributed by atoms with E-state index in [4.69, 9.17) is 11.6 Å². The number of amides is 1. The molecule has 4 aromatic rings. The fourth-order valence-electron chi connectivity index (χ4n) is 3.73. The summed E-state index contributed by atoms with van der Waals surface area (Å²) in [5, 5.41) is 5.96. The summed E-state index contributed by atoms with van der Waals surface area (Å²) >= 11 is 6.32. The van der Waals surface area contributed by atoms with Gasteiger partial charge in [0.15, 0.2) is 0 Å². The van der Waals surface area contributed by atoms with E-state index in [0.29, 0.717) is 23.7 Å². The number of para-hydroxylation sites is 2. The van der Waals surface area contributed by atoms with Crippen LogP contribution in [0.5, 0.6) is 0 Å². The number of hydrogen-bond acceptors (Lipinski definition) is 3. The first-order valence-electron chi connectivity index (χ1n) is 8.73. The predicted molar refractivity (Wildman–Crippen MR) is 103 cm³/mol. The van der Waals surface area contributed by atoms with E-state index in [-0.39, 0.29) is 5.91 Å². The number of aromatic nitrogens is 4. The first kappa shape index (κ1) is 16.1. The van der Waals surface area contributed by atoms with Crippen molar-refractivity contribution in [3.63, 3.8) is 0 Å². The van der Waals surface area contributed by atoms with Gasteiger partial charge in [0.2, 0.25) is 0 Å². The molecule has 0 spiro atoms. The molecule has 0 bridgehead atoms. The van der Waals surface area contributed by atoms with Crippen LogP contribution >= 0.6 is 11.6 Å². The number of nitrogens with zero attached hydrogens (tertiary/aromatic N) is 4. The number of fused-ring (bicyclic) bond motifs is 3. The molecule has 3 heterocycles. The van der Waals surface area contributed by atoms with Crippen LogP contribution in [0.2, 0.25) is 5.02 Å². The highest BCUT2D eigenvalue weighted by Crippen LogP contribution is 2.32. The summed E-state index contributed by atoms with van der Waals surface area (Å²) in [6.07, 6.45) is 3.84. The van der Waals surface area contributed by atoms with Crippen molar-refractivity contribution >= 4 is 28.4 Å². The molecule has 134 valence electrons. The molecule has 0 unspecified atom stereocenters. The number of carbonyl (C=O) groups is 1. The molecule has 1 N–H and O–H groups in total. The van der Waals surface area contributed by atoms with Gasteiger partial charge in [-0.1, -0.05) is 35.9 Å². The van der Waals surface area contributed by atoms with Crippen molar-refractivity contribution in [2.75, 3.05) is 6.54 Å². The van der Waals surface area contributed by atoms with E-state index in [1.807, 2.05) is 47.4 Å². The highest BCUT2D eigenvalue weighted by Gasteiger charge is 2.26. The molecule has 6 nitrogen and oxygen atoms in total. The summed E-state index contributed by atoms with van der Waals surface area (Å²) in [4.78, 5) is 22.6. The third-order valence-corrected chi connectivity index (χ3v) is 5.36. The van der Waals surface area contributed by atoms with E-state index in [0.717, 1.165) is 34.3 Å². The maximum absolute atomic E-state index is 13.3. The maximum Gasteiger partial charge on any atom is 0.256 e. The number of hydrogen-bond donors (Lipinski definition) is 1. The van der Waals surface area contributed by atoms with Gasteiger partial charge in [-0.15, -0.1) is 0 Å². The lowest BCUT2D eigenvalue weighted by Gasteiger charge is -2.28. The Kier molecular flexibility index (Phi) is 3.72. The Hall–Kier alpha value is -3.12. The minimum atomic E-state index is -0.0110. The lowest BCUT2D eigenvalue weighted by Crippen LogP contribution is -2.36. The molecule has 0 radical (unpaired) electrons. The second-order valence-electron chi connectivity index (χ2n) is 6.58. The third kappa shape index (κ3) is 2.61. The fraction of sp³-hybridized carbons (Fsp3) is 0.150. The van der Waals surface area contributed by atoms with E-state index >= 15 is 0 Å². The first-order valence-corrected chi connectivity index (χ1v) is 9.11. The fourth-order valence-corrected chi connectivity index (χ4v) is 3.95. The molecular formula is C20H16ClN5O. The molecule has 1 aliphatic heterocycles. The van der Waals surface area contributed by atoms with Crippen molar-refractivity contribution in [2.24, 2.45) is 0 Å². The number of aromatic amines is 1. The van der Waals surface area contributed by atoms with Crippen molar-refractivity contribution < 1.29 is 4.79 Å². The standard InChI is InChI=1S/C20H16ClN5O/c21-16-6-3-5-13-15-10-25(9-8-17(15)24-19(13)16)20(27)14-4-1-2-7-18(14)26-12-22-11-23-26/h1-7,11-12,24H,8-10H2. The smallest absolute Gasteiger partial charge is 0.256 e. The highest BCUT2D eigenvalue weighted by atomic mass is 35.5. The SMILES string of the molecule is O=C(c1ccccc1-n1cncn1)N1CCc2[nH]c3c(Cl)cccc3c2C1. The van der Waals surface area contributed by atoms with Gasteiger partial charge < -0.3 is 9.88 Å². The normalized spacial score (nSPS) is 13.7. The molecule has 0 atom stereocenters. The zero-order valence-electron chi connectivity index (χ0n) is 14.4. The van der Waals surface area contributed by atoms with Crippen LogP contribution in [0.15, 0.2) is 55.1 Å². The lowest BCUT2D eigenvalue weighted by atomic mass is 10.0. The zero-order valence-corrected chi connectivity index (χ0v) is 15.1. The Bertz CT molecular complexity index is 1150. The van der Waals surface area contributed by atoms with Crippen LogP contribution in [-0.4, -0.2) is 37.1 Å². The minimum Gasteiger partial charge on any atom is -0.357 e. The van der Waals surface area contributed by atoms with Crippen LogP contribution < -0.4 is 0 Å². The van der Waals surface area contributed by atoms with Crippen molar-refractivity contribution in [1.82, 2.24) is 24.6 Å². The van der Waals surface area contributed by atoms with E-state index in [9.17, 15) is 4.79 Å². The summed E-state index contributed by atoms with van der Waals surface area (Å²) in [7, 11) is 0. The predicted octanol–water partition coefficient (Wildman–Crippen LogP) is 3.60. The Labute approximate surface area is 160 Å². The van der Waals surface area contributed by atoms with Crippen LogP contribution in [0.4, 0.5) is 0 Å². The number of benzene rings is 2. The molecule has 0 fully saturated rings. The summed E-state index contributed by atoms with van der Waals surface area (Å²) in [6.45, 7) is 1.21. The first-order chi connectivity index (χ1) is 13.2. The average Bonchev–Trinajstić information content (AvgIpc) is 3.36. The number of rotatable bonds is 2. The van der Waals surface area contributed by atoms with Crippen LogP contribution in [-0.2, 0) is 13.0 Å². The number of carbonyl (C=O) groups excluding carboxylic acids is 1. The molecule has 0 saturated heterocycles. The Morgan fingerprint density at radius 3 is 2.89 bits per heavy atom. The van der Waals surface area contributed by atoms with Crippen LogP contribution in [0.25, 0.3) is 16.6 Å². The van der Waals surface area contributed by atoms with E-state index in [2.05, 4.69) is 15.1 Å². The second kappa shape index (κ2) is 6.25. The highest BCUT2D eigenvalue weighted by molar-refractivity contribution is 6.35. The number of nitrogens with one attached hydrogen (secondary N) is 1. The zero-order chi connectivity index (χ0) is 18.4. The Morgan fingerprint density at radius 2 is 2.04 bits per heavy atom. The van der Waals surface area contributed by atoms with Crippen molar-refractivity contribution in [3.05, 3.63) is 77.0 Å². The van der Waals surface area contributed by atoms with Crippen molar-refractivity contribution in [3.8, 4) is 5.69 Å². The van der Waals surface area contributed by atoms with Gasteiger partial charge in [-0.05, 0) is 18.2 Å².